The van der Waals surface area contributed by atoms with Gasteiger partial charge in [0, 0.05) is 12.1 Å². The lowest BCUT2D eigenvalue weighted by atomic mass is 10.3. The molecule has 0 N–H and O–H groups in total. The van der Waals surface area contributed by atoms with E-state index in [9.17, 15) is 19.7 Å². The summed E-state index contributed by atoms with van der Waals surface area (Å²) in [6.07, 6.45) is 1.07. The van der Waals surface area contributed by atoms with E-state index in [4.69, 9.17) is 0 Å². The van der Waals surface area contributed by atoms with E-state index in [1.54, 1.807) is 12.1 Å². The van der Waals surface area contributed by atoms with Crippen molar-refractivity contribution in [3.63, 3.8) is 0 Å². The molecule has 98 valence electrons. The summed E-state index contributed by atoms with van der Waals surface area (Å²) in [6, 6.07) is 5.56. The van der Waals surface area contributed by atoms with Gasteiger partial charge in [-0.25, -0.2) is 0 Å². The SMILES string of the molecule is O=C(Cn1cc([N+](=O)[O-])ccc1=O)c1ccc(Br)s1. The summed E-state index contributed by atoms with van der Waals surface area (Å²) in [5, 5.41) is 10.6. The molecule has 2 rings (SSSR count). The Morgan fingerprint density at radius 2 is 2.11 bits per heavy atom. The van der Waals surface area contributed by atoms with Crippen LogP contribution in [0.5, 0.6) is 0 Å². The molecule has 2 aromatic rings. The van der Waals surface area contributed by atoms with Gasteiger partial charge in [0.05, 0.1) is 26.3 Å². The predicted octanol–water partition coefficient (Wildman–Crippen LogP) is 2.46. The number of hydrogen-bond acceptors (Lipinski definition) is 5. The van der Waals surface area contributed by atoms with E-state index >= 15 is 0 Å². The van der Waals surface area contributed by atoms with Crippen molar-refractivity contribution in [3.8, 4) is 0 Å². The molecule has 0 amide bonds. The molecule has 0 unspecified atom stereocenters. The van der Waals surface area contributed by atoms with Crippen LogP contribution in [0, 0.1) is 10.1 Å². The molecule has 0 atom stereocenters. The first-order chi connectivity index (χ1) is 8.97. The smallest absolute Gasteiger partial charge is 0.285 e. The molecule has 0 spiro atoms. The van der Waals surface area contributed by atoms with Crippen molar-refractivity contribution in [1.29, 1.82) is 0 Å². The van der Waals surface area contributed by atoms with Gasteiger partial charge in [0.25, 0.3) is 11.2 Å². The van der Waals surface area contributed by atoms with Crippen LogP contribution in [0.1, 0.15) is 9.67 Å². The third-order valence-electron chi connectivity index (χ3n) is 2.34. The number of carbonyl (C=O) groups is 1. The Labute approximate surface area is 119 Å². The zero-order chi connectivity index (χ0) is 14.0. The minimum atomic E-state index is -0.609. The van der Waals surface area contributed by atoms with E-state index in [-0.39, 0.29) is 18.0 Å². The molecular weight excluding hydrogens is 336 g/mol. The molecule has 0 saturated carbocycles. The topological polar surface area (TPSA) is 82.2 Å². The number of rotatable bonds is 4. The fourth-order valence-corrected chi connectivity index (χ4v) is 2.76. The molecule has 0 bridgehead atoms. The molecule has 2 heterocycles. The van der Waals surface area contributed by atoms with Gasteiger partial charge in [-0.05, 0) is 28.1 Å². The number of carbonyl (C=O) groups excluding carboxylic acids is 1. The number of Topliss-reactive ketones (excluding diaryl/α,β-unsaturated/α-hetero) is 1. The fourth-order valence-electron chi connectivity index (χ4n) is 1.45. The van der Waals surface area contributed by atoms with Crippen LogP contribution in [0.4, 0.5) is 5.69 Å². The molecule has 0 saturated heterocycles. The summed E-state index contributed by atoms with van der Waals surface area (Å²) >= 11 is 4.49. The second-order valence-electron chi connectivity index (χ2n) is 3.64. The Morgan fingerprint density at radius 3 is 2.68 bits per heavy atom. The van der Waals surface area contributed by atoms with Gasteiger partial charge < -0.3 is 4.57 Å². The number of halogens is 1. The van der Waals surface area contributed by atoms with E-state index in [0.717, 1.165) is 26.7 Å². The Kier molecular flexibility index (Phi) is 3.91. The predicted molar refractivity (Wildman–Crippen MR) is 73.7 cm³/mol. The highest BCUT2D eigenvalue weighted by Gasteiger charge is 2.13. The summed E-state index contributed by atoms with van der Waals surface area (Å²) in [6.45, 7) is -0.215. The van der Waals surface area contributed by atoms with E-state index in [2.05, 4.69) is 15.9 Å². The number of pyridine rings is 1. The standard InChI is InChI=1S/C11H7BrN2O4S/c12-10-3-2-9(19-10)8(15)6-13-5-7(14(17)18)1-4-11(13)16/h1-5H,6H2. The first-order valence-electron chi connectivity index (χ1n) is 5.11. The average Bonchev–Trinajstić information content (AvgIpc) is 2.78. The zero-order valence-corrected chi connectivity index (χ0v) is 11.8. The quantitative estimate of drug-likeness (QED) is 0.485. The van der Waals surface area contributed by atoms with Crippen LogP contribution in [-0.4, -0.2) is 15.3 Å². The molecule has 19 heavy (non-hydrogen) atoms. The maximum Gasteiger partial charge on any atom is 0.285 e. The first-order valence-corrected chi connectivity index (χ1v) is 6.72. The minimum Gasteiger partial charge on any atom is -0.301 e. The Bertz CT molecular complexity index is 707. The van der Waals surface area contributed by atoms with E-state index in [1.165, 1.54) is 11.3 Å². The second kappa shape index (κ2) is 5.45. The molecule has 0 aliphatic carbocycles. The lowest BCUT2D eigenvalue weighted by molar-refractivity contribution is -0.385. The number of aromatic nitrogens is 1. The molecule has 2 aromatic heterocycles. The molecule has 0 aliphatic rings. The van der Waals surface area contributed by atoms with Crippen LogP contribution < -0.4 is 5.56 Å². The van der Waals surface area contributed by atoms with Crippen LogP contribution >= 0.6 is 27.3 Å². The van der Waals surface area contributed by atoms with Gasteiger partial charge in [-0.3, -0.25) is 19.7 Å². The van der Waals surface area contributed by atoms with E-state index in [0.29, 0.717) is 4.88 Å². The van der Waals surface area contributed by atoms with Crippen molar-refractivity contribution in [2.75, 3.05) is 0 Å². The number of hydrogen-bond donors (Lipinski definition) is 0. The van der Waals surface area contributed by atoms with E-state index in [1.807, 2.05) is 0 Å². The summed E-state index contributed by atoms with van der Waals surface area (Å²) < 4.78 is 1.84. The van der Waals surface area contributed by atoms with Crippen LogP contribution in [0.25, 0.3) is 0 Å². The van der Waals surface area contributed by atoms with Gasteiger partial charge in [0.1, 0.15) is 0 Å². The highest BCUT2D eigenvalue weighted by Crippen LogP contribution is 2.22. The largest absolute Gasteiger partial charge is 0.301 e. The van der Waals surface area contributed by atoms with Gasteiger partial charge in [-0.2, -0.15) is 0 Å². The monoisotopic (exact) mass is 342 g/mol. The normalized spacial score (nSPS) is 10.4. The van der Waals surface area contributed by atoms with Crippen LogP contribution in [0.15, 0.2) is 39.0 Å². The third-order valence-corrected chi connectivity index (χ3v) is 4.01. The van der Waals surface area contributed by atoms with Crippen LogP contribution in [0.2, 0.25) is 0 Å². The number of thiophene rings is 1. The molecule has 8 heteroatoms. The van der Waals surface area contributed by atoms with E-state index < -0.39 is 10.5 Å². The fraction of sp³-hybridized carbons (Fsp3) is 0.0909. The second-order valence-corrected chi connectivity index (χ2v) is 6.10. The highest BCUT2D eigenvalue weighted by molar-refractivity contribution is 9.11. The minimum absolute atomic E-state index is 0.215. The Morgan fingerprint density at radius 1 is 1.37 bits per heavy atom. The van der Waals surface area contributed by atoms with Crippen LogP contribution in [0.3, 0.4) is 0 Å². The molecule has 0 radical (unpaired) electrons. The number of ketones is 1. The first kappa shape index (κ1) is 13.6. The van der Waals surface area contributed by atoms with Crippen molar-refractivity contribution in [2.45, 2.75) is 6.54 Å². The van der Waals surface area contributed by atoms with Crippen molar-refractivity contribution >= 4 is 38.7 Å². The third kappa shape index (κ3) is 3.15. The molecule has 0 aliphatic heterocycles. The van der Waals surface area contributed by atoms with Crippen molar-refractivity contribution in [1.82, 2.24) is 4.57 Å². The van der Waals surface area contributed by atoms with Crippen LogP contribution in [-0.2, 0) is 6.54 Å². The summed E-state index contributed by atoms with van der Waals surface area (Å²) in [7, 11) is 0. The molecular formula is C11H7BrN2O4S. The maximum atomic E-state index is 11.9. The number of nitrogens with zero attached hydrogens (tertiary/aromatic N) is 2. The lowest BCUT2D eigenvalue weighted by Crippen LogP contribution is -2.23. The van der Waals surface area contributed by atoms with Gasteiger partial charge in [-0.1, -0.05) is 0 Å². The highest BCUT2D eigenvalue weighted by atomic mass is 79.9. The molecule has 0 aromatic carbocycles. The summed E-state index contributed by atoms with van der Waals surface area (Å²) in [5.41, 5.74) is -0.672. The van der Waals surface area contributed by atoms with Gasteiger partial charge in [0.15, 0.2) is 5.78 Å². The molecule has 6 nitrogen and oxygen atoms in total. The van der Waals surface area contributed by atoms with Crippen molar-refractivity contribution < 1.29 is 9.72 Å². The van der Waals surface area contributed by atoms with Gasteiger partial charge >= 0.3 is 0 Å². The maximum absolute atomic E-state index is 11.9. The number of nitro groups is 1. The molecule has 0 fully saturated rings. The van der Waals surface area contributed by atoms with Gasteiger partial charge in [0.2, 0.25) is 0 Å². The Hall–Kier alpha value is -1.80. The summed E-state index contributed by atoms with van der Waals surface area (Å²) in [5.74, 6) is -0.265. The lowest BCUT2D eigenvalue weighted by Gasteiger charge is -2.02. The average molecular weight is 343 g/mol. The summed E-state index contributed by atoms with van der Waals surface area (Å²) in [4.78, 5) is 34.0. The van der Waals surface area contributed by atoms with Crippen molar-refractivity contribution in [2.24, 2.45) is 0 Å². The Balaban J connectivity index is 2.28. The van der Waals surface area contributed by atoms with Gasteiger partial charge in [-0.15, -0.1) is 11.3 Å². The zero-order valence-electron chi connectivity index (χ0n) is 9.41. The van der Waals surface area contributed by atoms with Crippen molar-refractivity contribution in [3.05, 3.63) is 59.6 Å².